The molecule has 2 amide bonds. The number of methoxy groups -OCH3 is 2. The van der Waals surface area contributed by atoms with Crippen molar-refractivity contribution in [2.75, 3.05) is 28.3 Å². The predicted molar refractivity (Wildman–Crippen MR) is 95.1 cm³/mol. The van der Waals surface area contributed by atoms with Gasteiger partial charge in [0.2, 0.25) is 0 Å². The van der Waals surface area contributed by atoms with Crippen molar-refractivity contribution in [1.82, 2.24) is 10.6 Å². The number of hydrogen-bond acceptors (Lipinski definition) is 6. The Morgan fingerprint density at radius 3 is 1.38 bits per heavy atom. The zero-order valence-corrected chi connectivity index (χ0v) is 14.8. The lowest BCUT2D eigenvalue weighted by atomic mass is 9.92. The van der Waals surface area contributed by atoms with Crippen LogP contribution < -0.4 is 20.1 Å². The van der Waals surface area contributed by atoms with E-state index in [4.69, 9.17) is 9.47 Å². The van der Waals surface area contributed by atoms with E-state index in [-0.39, 0.29) is 45.3 Å². The van der Waals surface area contributed by atoms with Gasteiger partial charge in [-0.15, -0.1) is 0 Å². The standard InChI is InChI=1S/C18H20N2O6/c1-19-17(23)9-5-7-11(25-3)15(21)13(9)14-10(18(24)20-2)6-8-12(26-4)16(14)22/h5-8,21-22H,1-4H3,(H,19,23)(H,20,24). The van der Waals surface area contributed by atoms with Crippen LogP contribution in [0.2, 0.25) is 0 Å². The third-order valence-electron chi connectivity index (χ3n) is 3.92. The van der Waals surface area contributed by atoms with Crippen molar-refractivity contribution in [1.29, 1.82) is 0 Å². The third-order valence-corrected chi connectivity index (χ3v) is 3.92. The molecule has 2 aromatic carbocycles. The summed E-state index contributed by atoms with van der Waals surface area (Å²) in [6.45, 7) is 0. The molecule has 0 unspecified atom stereocenters. The van der Waals surface area contributed by atoms with E-state index in [0.29, 0.717) is 0 Å². The topological polar surface area (TPSA) is 117 Å². The maximum absolute atomic E-state index is 12.3. The molecule has 0 saturated heterocycles. The van der Waals surface area contributed by atoms with E-state index in [1.54, 1.807) is 0 Å². The van der Waals surface area contributed by atoms with Crippen molar-refractivity contribution in [3.8, 4) is 34.1 Å². The van der Waals surface area contributed by atoms with Crippen LogP contribution in [0.25, 0.3) is 11.1 Å². The molecule has 0 saturated carbocycles. The van der Waals surface area contributed by atoms with E-state index in [0.717, 1.165) is 0 Å². The van der Waals surface area contributed by atoms with Crippen molar-refractivity contribution < 1.29 is 29.3 Å². The minimum Gasteiger partial charge on any atom is -0.504 e. The highest BCUT2D eigenvalue weighted by Gasteiger charge is 2.27. The summed E-state index contributed by atoms with van der Waals surface area (Å²) in [5, 5.41) is 26.2. The van der Waals surface area contributed by atoms with Gasteiger partial charge in [-0.2, -0.15) is 0 Å². The molecule has 0 heterocycles. The lowest BCUT2D eigenvalue weighted by Gasteiger charge is -2.18. The number of hydrogen-bond donors (Lipinski definition) is 4. The first-order chi connectivity index (χ1) is 12.4. The van der Waals surface area contributed by atoms with Crippen molar-refractivity contribution in [2.24, 2.45) is 0 Å². The Morgan fingerprint density at radius 2 is 1.12 bits per heavy atom. The summed E-state index contributed by atoms with van der Waals surface area (Å²) in [4.78, 5) is 24.6. The van der Waals surface area contributed by atoms with E-state index in [1.165, 1.54) is 52.6 Å². The molecule has 0 atom stereocenters. The minimum absolute atomic E-state index is 0.0429. The van der Waals surface area contributed by atoms with Crippen LogP contribution in [-0.4, -0.2) is 50.3 Å². The molecule has 0 spiro atoms. The van der Waals surface area contributed by atoms with E-state index < -0.39 is 11.8 Å². The molecule has 8 heteroatoms. The molecular weight excluding hydrogens is 340 g/mol. The summed E-state index contributed by atoms with van der Waals surface area (Å²) in [7, 11) is 5.56. The maximum atomic E-state index is 12.3. The highest BCUT2D eigenvalue weighted by molar-refractivity contribution is 6.09. The van der Waals surface area contributed by atoms with Gasteiger partial charge in [0.05, 0.1) is 25.3 Å². The van der Waals surface area contributed by atoms with Gasteiger partial charge in [0, 0.05) is 25.2 Å². The van der Waals surface area contributed by atoms with Crippen LogP contribution in [0.5, 0.6) is 23.0 Å². The van der Waals surface area contributed by atoms with Crippen molar-refractivity contribution in [3.63, 3.8) is 0 Å². The fraction of sp³-hybridized carbons (Fsp3) is 0.222. The summed E-state index contributed by atoms with van der Waals surface area (Å²) in [5.41, 5.74) is 0.0245. The van der Waals surface area contributed by atoms with Gasteiger partial charge in [-0.05, 0) is 24.3 Å². The summed E-state index contributed by atoms with van der Waals surface area (Å²) in [5.74, 6) is -1.63. The Balaban J connectivity index is 2.98. The monoisotopic (exact) mass is 360 g/mol. The lowest BCUT2D eigenvalue weighted by molar-refractivity contribution is 0.0953. The number of ether oxygens (including phenoxy) is 2. The number of rotatable bonds is 5. The number of carbonyl (C=O) groups is 2. The lowest BCUT2D eigenvalue weighted by Crippen LogP contribution is -2.21. The van der Waals surface area contributed by atoms with Crippen molar-refractivity contribution >= 4 is 11.8 Å². The Bertz CT molecular complexity index is 792. The molecule has 0 aliphatic heterocycles. The molecular formula is C18H20N2O6. The summed E-state index contributed by atoms with van der Waals surface area (Å²) in [6, 6.07) is 5.69. The fourth-order valence-corrected chi connectivity index (χ4v) is 2.63. The van der Waals surface area contributed by atoms with Crippen LogP contribution in [0, 0.1) is 0 Å². The van der Waals surface area contributed by atoms with E-state index in [2.05, 4.69) is 10.6 Å². The Kier molecular flexibility index (Phi) is 5.56. The van der Waals surface area contributed by atoms with Gasteiger partial charge in [-0.25, -0.2) is 0 Å². The zero-order chi connectivity index (χ0) is 19.4. The first-order valence-corrected chi connectivity index (χ1v) is 7.65. The number of carbonyl (C=O) groups excluding carboxylic acids is 2. The Hall–Kier alpha value is -3.42. The van der Waals surface area contributed by atoms with Crippen LogP contribution >= 0.6 is 0 Å². The Morgan fingerprint density at radius 1 is 0.769 bits per heavy atom. The van der Waals surface area contributed by atoms with Gasteiger partial charge in [0.25, 0.3) is 11.8 Å². The summed E-state index contributed by atoms with van der Waals surface area (Å²) in [6.07, 6.45) is 0. The zero-order valence-electron chi connectivity index (χ0n) is 14.8. The molecule has 2 rings (SSSR count). The van der Waals surface area contributed by atoms with E-state index in [1.807, 2.05) is 0 Å². The number of amides is 2. The average Bonchev–Trinajstić information content (AvgIpc) is 2.66. The Labute approximate surface area is 150 Å². The van der Waals surface area contributed by atoms with Crippen LogP contribution in [0.1, 0.15) is 20.7 Å². The maximum Gasteiger partial charge on any atom is 0.251 e. The van der Waals surface area contributed by atoms with Gasteiger partial charge in [0.1, 0.15) is 0 Å². The van der Waals surface area contributed by atoms with Crippen molar-refractivity contribution in [2.45, 2.75) is 0 Å². The number of phenolic OH excluding ortho intramolecular Hbond substituents is 2. The van der Waals surface area contributed by atoms with Gasteiger partial charge < -0.3 is 30.3 Å². The molecule has 0 aromatic heterocycles. The SMILES string of the molecule is CNC(=O)c1ccc(OC)c(O)c1-c1c(C(=O)NC)ccc(OC)c1O. The first-order valence-electron chi connectivity index (χ1n) is 7.65. The smallest absolute Gasteiger partial charge is 0.251 e. The second-order valence-electron chi connectivity index (χ2n) is 5.24. The summed E-state index contributed by atoms with van der Waals surface area (Å²) >= 11 is 0. The van der Waals surface area contributed by atoms with Gasteiger partial charge in [-0.1, -0.05) is 0 Å². The number of aromatic hydroxyl groups is 2. The average molecular weight is 360 g/mol. The molecule has 8 nitrogen and oxygen atoms in total. The van der Waals surface area contributed by atoms with Gasteiger partial charge in [0.15, 0.2) is 23.0 Å². The largest absolute Gasteiger partial charge is 0.504 e. The summed E-state index contributed by atoms with van der Waals surface area (Å²) < 4.78 is 10.2. The van der Waals surface area contributed by atoms with Gasteiger partial charge >= 0.3 is 0 Å². The van der Waals surface area contributed by atoms with Crippen LogP contribution in [-0.2, 0) is 0 Å². The second kappa shape index (κ2) is 7.64. The molecule has 0 fully saturated rings. The molecule has 2 aromatic rings. The van der Waals surface area contributed by atoms with Crippen LogP contribution in [0.15, 0.2) is 24.3 Å². The van der Waals surface area contributed by atoms with Gasteiger partial charge in [-0.3, -0.25) is 9.59 Å². The molecule has 26 heavy (non-hydrogen) atoms. The predicted octanol–water partition coefficient (Wildman–Crippen LogP) is 1.50. The highest BCUT2D eigenvalue weighted by atomic mass is 16.5. The fourth-order valence-electron chi connectivity index (χ4n) is 2.63. The molecule has 0 radical (unpaired) electrons. The highest BCUT2D eigenvalue weighted by Crippen LogP contribution is 2.47. The minimum atomic E-state index is -0.511. The molecule has 0 bridgehead atoms. The normalized spacial score (nSPS) is 10.2. The van der Waals surface area contributed by atoms with Crippen molar-refractivity contribution in [3.05, 3.63) is 35.4 Å². The van der Waals surface area contributed by atoms with Crippen LogP contribution in [0.4, 0.5) is 0 Å². The molecule has 0 aliphatic carbocycles. The van der Waals surface area contributed by atoms with Crippen LogP contribution in [0.3, 0.4) is 0 Å². The van der Waals surface area contributed by atoms with E-state index >= 15 is 0 Å². The molecule has 138 valence electrons. The second-order valence-corrected chi connectivity index (χ2v) is 5.24. The number of nitrogens with one attached hydrogen (secondary N) is 2. The number of benzene rings is 2. The van der Waals surface area contributed by atoms with E-state index in [9.17, 15) is 19.8 Å². The third kappa shape index (κ3) is 3.08. The quantitative estimate of drug-likeness (QED) is 0.642. The molecule has 4 N–H and O–H groups in total. The first kappa shape index (κ1) is 18.9. The number of phenols is 2. The molecule has 0 aliphatic rings.